The van der Waals surface area contributed by atoms with Gasteiger partial charge >= 0.3 is 6.01 Å². The summed E-state index contributed by atoms with van der Waals surface area (Å²) < 4.78 is 11.1. The molecule has 1 aliphatic rings. The molecular weight excluding hydrogens is 408 g/mol. The SMILES string of the molecule is Cc1[nH]c2ccc(CN=Cc3nc(OCC(C)(C)O)nc(N4CCOCC4)n3)cc2c1C. The van der Waals surface area contributed by atoms with E-state index in [0.717, 1.165) is 11.1 Å². The average molecular weight is 439 g/mol. The van der Waals surface area contributed by atoms with E-state index in [2.05, 4.69) is 57.0 Å². The van der Waals surface area contributed by atoms with Crippen LogP contribution in [0.2, 0.25) is 0 Å². The molecule has 9 nitrogen and oxygen atoms in total. The van der Waals surface area contributed by atoms with Crippen LogP contribution in [0.1, 0.15) is 36.5 Å². The lowest BCUT2D eigenvalue weighted by Gasteiger charge is -2.27. The number of benzene rings is 1. The summed E-state index contributed by atoms with van der Waals surface area (Å²) in [4.78, 5) is 23.3. The van der Waals surface area contributed by atoms with Crippen LogP contribution >= 0.6 is 0 Å². The zero-order chi connectivity index (χ0) is 22.7. The number of fused-ring (bicyclic) bond motifs is 1. The highest BCUT2D eigenvalue weighted by Crippen LogP contribution is 2.22. The van der Waals surface area contributed by atoms with E-state index in [-0.39, 0.29) is 12.6 Å². The molecule has 0 atom stereocenters. The molecule has 0 unspecified atom stereocenters. The zero-order valence-electron chi connectivity index (χ0n) is 19.1. The molecular formula is C23H30N6O3. The van der Waals surface area contributed by atoms with E-state index in [9.17, 15) is 5.11 Å². The minimum atomic E-state index is -0.993. The number of aromatic nitrogens is 4. The van der Waals surface area contributed by atoms with Crippen LogP contribution in [0.15, 0.2) is 23.2 Å². The number of hydrogen-bond donors (Lipinski definition) is 2. The number of hydrogen-bond acceptors (Lipinski definition) is 8. The smallest absolute Gasteiger partial charge is 0.321 e. The van der Waals surface area contributed by atoms with Gasteiger partial charge in [0, 0.05) is 29.7 Å². The Morgan fingerprint density at radius 2 is 2.00 bits per heavy atom. The summed E-state index contributed by atoms with van der Waals surface area (Å²) >= 11 is 0. The molecule has 3 aromatic rings. The fourth-order valence-electron chi connectivity index (χ4n) is 3.47. The molecule has 1 aliphatic heterocycles. The number of ether oxygens (including phenoxy) is 2. The number of rotatable bonds is 7. The average Bonchev–Trinajstić information content (AvgIpc) is 3.06. The van der Waals surface area contributed by atoms with Gasteiger partial charge in [0.05, 0.1) is 31.6 Å². The van der Waals surface area contributed by atoms with Gasteiger partial charge in [-0.15, -0.1) is 0 Å². The van der Waals surface area contributed by atoms with Crippen molar-refractivity contribution < 1.29 is 14.6 Å². The van der Waals surface area contributed by atoms with Gasteiger partial charge < -0.3 is 24.5 Å². The van der Waals surface area contributed by atoms with Gasteiger partial charge in [0.1, 0.15) is 6.61 Å². The molecule has 3 heterocycles. The van der Waals surface area contributed by atoms with Gasteiger partial charge in [0.25, 0.3) is 0 Å². The molecule has 32 heavy (non-hydrogen) atoms. The lowest BCUT2D eigenvalue weighted by molar-refractivity contribution is 0.0249. The number of aliphatic imine (C=N–C) groups is 1. The van der Waals surface area contributed by atoms with E-state index in [1.54, 1.807) is 20.1 Å². The lowest BCUT2D eigenvalue weighted by Crippen LogP contribution is -2.37. The monoisotopic (exact) mass is 438 g/mol. The van der Waals surface area contributed by atoms with E-state index in [0.29, 0.717) is 44.6 Å². The van der Waals surface area contributed by atoms with E-state index in [4.69, 9.17) is 9.47 Å². The fourth-order valence-corrected chi connectivity index (χ4v) is 3.47. The van der Waals surface area contributed by atoms with Crippen molar-refractivity contribution in [3.8, 4) is 6.01 Å². The predicted octanol–water partition coefficient (Wildman–Crippen LogP) is 2.58. The number of nitrogens with one attached hydrogen (secondary N) is 1. The predicted molar refractivity (Wildman–Crippen MR) is 124 cm³/mol. The highest BCUT2D eigenvalue weighted by atomic mass is 16.5. The second-order valence-electron chi connectivity index (χ2n) is 8.70. The van der Waals surface area contributed by atoms with Crippen LogP contribution in [0.25, 0.3) is 10.9 Å². The Balaban J connectivity index is 1.54. The summed E-state index contributed by atoms with van der Waals surface area (Å²) in [5.74, 6) is 0.942. The highest BCUT2D eigenvalue weighted by Gasteiger charge is 2.19. The molecule has 1 fully saturated rings. The maximum absolute atomic E-state index is 9.98. The fraction of sp³-hybridized carbons (Fsp3) is 0.478. The van der Waals surface area contributed by atoms with Crippen molar-refractivity contribution >= 4 is 23.1 Å². The quantitative estimate of drug-likeness (QED) is 0.546. The Hall–Kier alpha value is -3.04. The molecule has 9 heteroatoms. The third kappa shape index (κ3) is 5.41. The molecule has 2 aromatic heterocycles. The van der Waals surface area contributed by atoms with Crippen molar-refractivity contribution in [2.75, 3.05) is 37.8 Å². The van der Waals surface area contributed by atoms with E-state index >= 15 is 0 Å². The third-order valence-corrected chi connectivity index (χ3v) is 5.32. The first-order valence-corrected chi connectivity index (χ1v) is 10.8. The number of morpholine rings is 1. The van der Waals surface area contributed by atoms with Gasteiger partial charge in [-0.2, -0.15) is 15.0 Å². The number of nitrogens with zero attached hydrogens (tertiary/aromatic N) is 5. The van der Waals surface area contributed by atoms with Gasteiger partial charge in [-0.3, -0.25) is 4.99 Å². The first-order chi connectivity index (χ1) is 15.3. The molecule has 0 aliphatic carbocycles. The number of aryl methyl sites for hydroxylation is 2. The second-order valence-corrected chi connectivity index (χ2v) is 8.70. The Morgan fingerprint density at radius 1 is 1.22 bits per heavy atom. The molecule has 0 bridgehead atoms. The van der Waals surface area contributed by atoms with Crippen molar-refractivity contribution in [2.24, 2.45) is 4.99 Å². The summed E-state index contributed by atoms with van der Waals surface area (Å²) in [5, 5.41) is 11.2. The normalized spacial score (nSPS) is 15.1. The van der Waals surface area contributed by atoms with Crippen LogP contribution in [0.3, 0.4) is 0 Å². The molecule has 1 saturated heterocycles. The maximum atomic E-state index is 9.98. The van der Waals surface area contributed by atoms with Crippen LogP contribution in [0.5, 0.6) is 6.01 Å². The second kappa shape index (κ2) is 9.22. The summed E-state index contributed by atoms with van der Waals surface area (Å²) in [7, 11) is 0. The van der Waals surface area contributed by atoms with E-state index < -0.39 is 5.60 Å². The standard InChI is InChI=1S/C23H30N6O3/c1-15-16(2)25-19-6-5-17(11-18(15)19)12-24-13-20-26-21(29-7-9-31-10-8-29)28-22(27-20)32-14-23(3,4)30/h5-6,11,13,25,30H,7-10,12,14H2,1-4H3. The van der Waals surface area contributed by atoms with Crippen molar-refractivity contribution in [3.63, 3.8) is 0 Å². The first-order valence-electron chi connectivity index (χ1n) is 10.8. The Morgan fingerprint density at radius 3 is 2.75 bits per heavy atom. The zero-order valence-corrected chi connectivity index (χ0v) is 19.1. The summed E-state index contributed by atoms with van der Waals surface area (Å²) in [6.07, 6.45) is 1.64. The Labute approximate surface area is 187 Å². The molecule has 0 radical (unpaired) electrons. The van der Waals surface area contributed by atoms with E-state index in [1.807, 2.05) is 4.90 Å². The molecule has 170 valence electrons. The number of aromatic amines is 1. The van der Waals surface area contributed by atoms with Gasteiger partial charge in [-0.05, 0) is 51.0 Å². The third-order valence-electron chi connectivity index (χ3n) is 5.32. The molecule has 0 saturated carbocycles. The number of H-pyrrole nitrogens is 1. The van der Waals surface area contributed by atoms with Gasteiger partial charge in [0.2, 0.25) is 5.95 Å². The van der Waals surface area contributed by atoms with Crippen LogP contribution in [0, 0.1) is 13.8 Å². The van der Waals surface area contributed by atoms with Gasteiger partial charge in [0.15, 0.2) is 5.82 Å². The van der Waals surface area contributed by atoms with Crippen LogP contribution < -0.4 is 9.64 Å². The van der Waals surface area contributed by atoms with Crippen LogP contribution in [-0.2, 0) is 11.3 Å². The number of aliphatic hydroxyl groups is 1. The van der Waals surface area contributed by atoms with E-state index in [1.165, 1.54) is 16.6 Å². The van der Waals surface area contributed by atoms with Crippen LogP contribution in [0.4, 0.5) is 5.95 Å². The molecule has 0 spiro atoms. The summed E-state index contributed by atoms with van der Waals surface area (Å²) in [5.41, 5.74) is 3.69. The topological polar surface area (TPSA) is 109 Å². The minimum absolute atomic E-state index is 0.0750. The lowest BCUT2D eigenvalue weighted by atomic mass is 10.1. The number of anilines is 1. The van der Waals surface area contributed by atoms with Gasteiger partial charge in [-0.25, -0.2) is 0 Å². The van der Waals surface area contributed by atoms with Crippen molar-refractivity contribution in [1.29, 1.82) is 0 Å². The largest absolute Gasteiger partial charge is 0.460 e. The van der Waals surface area contributed by atoms with Crippen molar-refractivity contribution in [2.45, 2.75) is 39.8 Å². The molecule has 4 rings (SSSR count). The Bertz CT molecular complexity index is 1110. The van der Waals surface area contributed by atoms with Crippen LogP contribution in [-0.4, -0.2) is 69.8 Å². The van der Waals surface area contributed by atoms with Gasteiger partial charge in [-0.1, -0.05) is 6.07 Å². The molecule has 0 amide bonds. The molecule has 2 N–H and O–H groups in total. The first kappa shape index (κ1) is 22.2. The minimum Gasteiger partial charge on any atom is -0.460 e. The Kier molecular flexibility index (Phi) is 6.38. The summed E-state index contributed by atoms with van der Waals surface area (Å²) in [6, 6.07) is 6.49. The van der Waals surface area contributed by atoms with Crippen molar-refractivity contribution in [3.05, 3.63) is 40.8 Å². The van der Waals surface area contributed by atoms with Crippen molar-refractivity contribution in [1.82, 2.24) is 19.9 Å². The molecule has 1 aromatic carbocycles. The highest BCUT2D eigenvalue weighted by molar-refractivity contribution is 5.85. The maximum Gasteiger partial charge on any atom is 0.321 e. The summed E-state index contributed by atoms with van der Waals surface area (Å²) in [6.45, 7) is 10.8.